The molecule has 2 aromatic rings. The normalized spacial score (nSPS) is 17.4. The summed E-state index contributed by atoms with van der Waals surface area (Å²) >= 11 is 0. The van der Waals surface area contributed by atoms with Crippen LogP contribution in [0.15, 0.2) is 54.6 Å². The van der Waals surface area contributed by atoms with Crippen molar-refractivity contribution in [2.75, 3.05) is 27.4 Å². The van der Waals surface area contributed by atoms with E-state index in [0.717, 1.165) is 66.9 Å². The Morgan fingerprint density at radius 2 is 1.53 bits per heavy atom. The van der Waals surface area contributed by atoms with Crippen molar-refractivity contribution in [2.24, 2.45) is 0 Å². The molecule has 1 unspecified atom stereocenters. The Morgan fingerprint density at radius 1 is 0.853 bits per heavy atom. The molecule has 2 aliphatic heterocycles. The van der Waals surface area contributed by atoms with E-state index in [1.54, 1.807) is 0 Å². The van der Waals surface area contributed by atoms with Gasteiger partial charge in [-0.05, 0) is 54.9 Å². The van der Waals surface area contributed by atoms with Gasteiger partial charge in [0.05, 0.1) is 39.8 Å². The van der Waals surface area contributed by atoms with Crippen LogP contribution in [0, 0.1) is 0 Å². The molecule has 4 rings (SSSR count). The average molecular weight is 467 g/mol. The Kier molecular flexibility index (Phi) is 10.2. The molecular formula is C28H34O6. The Labute approximate surface area is 201 Å². The number of carbonyl (C=O) groups excluding carboxylic acids is 2. The number of rotatable bonds is 6. The topological polar surface area (TPSA) is 71.1 Å². The second-order valence-electron chi connectivity index (χ2n) is 8.28. The fourth-order valence-corrected chi connectivity index (χ4v) is 4.11. The molecule has 0 amide bonds. The van der Waals surface area contributed by atoms with Crippen LogP contribution in [-0.2, 0) is 41.4 Å². The number of hydrogen-bond acceptors (Lipinski definition) is 6. The summed E-state index contributed by atoms with van der Waals surface area (Å²) in [4.78, 5) is 22.7. The van der Waals surface area contributed by atoms with Crippen molar-refractivity contribution in [3.05, 3.63) is 76.9 Å². The maximum Gasteiger partial charge on any atom is 0.310 e. The molecule has 0 spiro atoms. The molecule has 34 heavy (non-hydrogen) atoms. The lowest BCUT2D eigenvalue weighted by Crippen LogP contribution is -2.15. The SMILES string of the molecule is COC(=O)Cc1ccccc1C1=CCCCO1.COC(=O)Cc1ccccc1C1CCCCO1. The van der Waals surface area contributed by atoms with Gasteiger partial charge in [0.1, 0.15) is 5.76 Å². The van der Waals surface area contributed by atoms with Crippen molar-refractivity contribution >= 4 is 17.7 Å². The van der Waals surface area contributed by atoms with E-state index >= 15 is 0 Å². The summed E-state index contributed by atoms with van der Waals surface area (Å²) in [5.74, 6) is 0.456. The van der Waals surface area contributed by atoms with Gasteiger partial charge in [0.2, 0.25) is 0 Å². The predicted molar refractivity (Wildman–Crippen MR) is 130 cm³/mol. The van der Waals surface area contributed by atoms with Gasteiger partial charge in [0.15, 0.2) is 0 Å². The zero-order valence-corrected chi connectivity index (χ0v) is 20.1. The van der Waals surface area contributed by atoms with Crippen molar-refractivity contribution in [3.63, 3.8) is 0 Å². The number of benzene rings is 2. The van der Waals surface area contributed by atoms with Gasteiger partial charge in [-0.1, -0.05) is 48.5 Å². The number of carbonyl (C=O) groups is 2. The number of methoxy groups -OCH3 is 2. The number of ether oxygens (including phenoxy) is 4. The van der Waals surface area contributed by atoms with Gasteiger partial charge in [0, 0.05) is 12.2 Å². The molecule has 1 saturated heterocycles. The summed E-state index contributed by atoms with van der Waals surface area (Å²) in [7, 11) is 2.82. The second kappa shape index (κ2) is 13.6. The first-order valence-electron chi connectivity index (χ1n) is 11.9. The minimum Gasteiger partial charge on any atom is -0.493 e. The fraction of sp³-hybridized carbons (Fsp3) is 0.429. The highest BCUT2D eigenvalue weighted by molar-refractivity contribution is 5.76. The first-order valence-corrected chi connectivity index (χ1v) is 11.9. The van der Waals surface area contributed by atoms with E-state index < -0.39 is 0 Å². The molecule has 0 saturated carbocycles. The predicted octanol–water partition coefficient (Wildman–Crippen LogP) is 5.20. The van der Waals surface area contributed by atoms with Crippen LogP contribution in [-0.4, -0.2) is 39.4 Å². The molecule has 0 aliphatic carbocycles. The van der Waals surface area contributed by atoms with Gasteiger partial charge < -0.3 is 18.9 Å². The lowest BCUT2D eigenvalue weighted by molar-refractivity contribution is -0.140. The highest BCUT2D eigenvalue weighted by Gasteiger charge is 2.20. The first kappa shape index (κ1) is 25.5. The van der Waals surface area contributed by atoms with Crippen LogP contribution in [0.4, 0.5) is 0 Å². The van der Waals surface area contributed by atoms with Crippen molar-refractivity contribution in [2.45, 2.75) is 51.0 Å². The first-order chi connectivity index (χ1) is 16.6. The van der Waals surface area contributed by atoms with Gasteiger partial charge in [0.25, 0.3) is 0 Å². The van der Waals surface area contributed by atoms with Gasteiger partial charge in [-0.25, -0.2) is 0 Å². The molecule has 0 bridgehead atoms. The van der Waals surface area contributed by atoms with E-state index in [9.17, 15) is 9.59 Å². The van der Waals surface area contributed by atoms with Crippen LogP contribution in [0.3, 0.4) is 0 Å². The largest absolute Gasteiger partial charge is 0.493 e. The molecule has 6 nitrogen and oxygen atoms in total. The molecule has 6 heteroatoms. The van der Waals surface area contributed by atoms with Crippen LogP contribution in [0.5, 0.6) is 0 Å². The Morgan fingerprint density at radius 3 is 2.18 bits per heavy atom. The monoisotopic (exact) mass is 466 g/mol. The third kappa shape index (κ3) is 7.45. The summed E-state index contributed by atoms with van der Waals surface area (Å²) in [5.41, 5.74) is 4.11. The van der Waals surface area contributed by atoms with E-state index in [2.05, 4.69) is 6.08 Å². The van der Waals surface area contributed by atoms with Crippen molar-refractivity contribution in [1.82, 2.24) is 0 Å². The summed E-state index contributed by atoms with van der Waals surface area (Å²) in [5, 5.41) is 0. The summed E-state index contributed by atoms with van der Waals surface area (Å²) in [6, 6.07) is 15.8. The van der Waals surface area contributed by atoms with E-state index in [0.29, 0.717) is 6.42 Å². The molecule has 2 aromatic carbocycles. The lowest BCUT2D eigenvalue weighted by atomic mass is 9.95. The summed E-state index contributed by atoms with van der Waals surface area (Å²) in [6.07, 6.45) is 8.29. The van der Waals surface area contributed by atoms with Gasteiger partial charge in [-0.2, -0.15) is 0 Å². The Bertz CT molecular complexity index is 974. The molecular weight excluding hydrogens is 432 g/mol. The standard InChI is InChI=1S/C14H18O3.C14H16O3/c2*1-16-14(15)10-11-6-2-3-7-12(11)13-8-4-5-9-17-13/h2-3,6-7,13H,4-5,8-10H2,1H3;2-3,6-8H,4-5,9-10H2,1H3. The van der Waals surface area contributed by atoms with E-state index in [4.69, 9.17) is 18.9 Å². The minimum absolute atomic E-state index is 0.143. The Balaban J connectivity index is 0.000000191. The maximum atomic E-state index is 11.4. The van der Waals surface area contributed by atoms with Crippen molar-refractivity contribution in [1.29, 1.82) is 0 Å². The van der Waals surface area contributed by atoms with E-state index in [1.807, 2.05) is 48.5 Å². The number of esters is 2. The number of allylic oxidation sites excluding steroid dienone is 1. The van der Waals surface area contributed by atoms with Gasteiger partial charge >= 0.3 is 11.9 Å². The molecule has 0 aromatic heterocycles. The fourth-order valence-electron chi connectivity index (χ4n) is 4.11. The van der Waals surface area contributed by atoms with Crippen molar-refractivity contribution in [3.8, 4) is 0 Å². The van der Waals surface area contributed by atoms with Crippen LogP contribution in [0.2, 0.25) is 0 Å². The molecule has 1 atom stereocenters. The van der Waals surface area contributed by atoms with E-state index in [-0.39, 0.29) is 24.5 Å². The third-order valence-electron chi connectivity index (χ3n) is 5.93. The molecule has 1 fully saturated rings. The highest BCUT2D eigenvalue weighted by atomic mass is 16.5. The zero-order valence-electron chi connectivity index (χ0n) is 20.1. The minimum atomic E-state index is -0.228. The van der Waals surface area contributed by atoms with Crippen LogP contribution in [0.1, 0.15) is 60.5 Å². The smallest absolute Gasteiger partial charge is 0.310 e. The van der Waals surface area contributed by atoms with Gasteiger partial charge in [-0.3, -0.25) is 9.59 Å². The van der Waals surface area contributed by atoms with Crippen LogP contribution in [0.25, 0.3) is 5.76 Å². The summed E-state index contributed by atoms with van der Waals surface area (Å²) < 4.78 is 20.8. The second-order valence-corrected chi connectivity index (χ2v) is 8.28. The van der Waals surface area contributed by atoms with Gasteiger partial charge in [-0.15, -0.1) is 0 Å². The molecule has 0 radical (unpaired) electrons. The van der Waals surface area contributed by atoms with E-state index in [1.165, 1.54) is 20.6 Å². The molecule has 182 valence electrons. The van der Waals surface area contributed by atoms with Crippen molar-refractivity contribution < 1.29 is 28.5 Å². The lowest BCUT2D eigenvalue weighted by Gasteiger charge is -2.24. The highest BCUT2D eigenvalue weighted by Crippen LogP contribution is 2.30. The summed E-state index contributed by atoms with van der Waals surface area (Å²) in [6.45, 7) is 1.57. The zero-order chi connectivity index (χ0) is 24.2. The quantitative estimate of drug-likeness (QED) is 0.545. The molecule has 2 aliphatic rings. The molecule has 2 heterocycles. The average Bonchev–Trinajstić information content (AvgIpc) is 2.90. The number of hydrogen-bond donors (Lipinski definition) is 0. The Hall–Kier alpha value is -3.12. The van der Waals surface area contributed by atoms with Crippen LogP contribution < -0.4 is 0 Å². The third-order valence-corrected chi connectivity index (χ3v) is 5.93. The van der Waals surface area contributed by atoms with Crippen LogP contribution >= 0.6 is 0 Å². The molecule has 0 N–H and O–H groups in total. The maximum absolute atomic E-state index is 11.4.